The van der Waals surface area contributed by atoms with Crippen LogP contribution in [0.2, 0.25) is 0 Å². The van der Waals surface area contributed by atoms with E-state index in [0.29, 0.717) is 0 Å². The van der Waals surface area contributed by atoms with Crippen molar-refractivity contribution in [3.8, 4) is 0 Å². The summed E-state index contributed by atoms with van der Waals surface area (Å²) in [6.45, 7) is 0.973. The topological polar surface area (TPSA) is 44.9 Å². The maximum atomic E-state index is 11.6. The first-order chi connectivity index (χ1) is 5.88. The average molecular weight is 164 g/mol. The Kier molecular flexibility index (Phi) is 1.96. The van der Waals surface area contributed by atoms with Gasteiger partial charge in [0, 0.05) is 18.0 Å². The molecular weight excluding hydrogens is 152 g/mol. The molecule has 1 saturated heterocycles. The second-order valence-electron chi connectivity index (χ2n) is 3.11. The Bertz CT molecular complexity index is 260. The van der Waals surface area contributed by atoms with Gasteiger partial charge >= 0.3 is 0 Å². The lowest BCUT2D eigenvalue weighted by Crippen LogP contribution is -2.30. The molecule has 1 aliphatic rings. The molecule has 64 valence electrons. The Balaban J connectivity index is 2.09. The van der Waals surface area contributed by atoms with E-state index in [9.17, 15) is 4.79 Å². The number of carbonyl (C=O) groups is 1. The van der Waals surface area contributed by atoms with Crippen LogP contribution in [0.15, 0.2) is 18.5 Å². The van der Waals surface area contributed by atoms with Gasteiger partial charge in [-0.3, -0.25) is 4.79 Å². The molecule has 0 bridgehead atoms. The highest BCUT2D eigenvalue weighted by atomic mass is 16.1. The van der Waals surface area contributed by atoms with E-state index < -0.39 is 0 Å². The molecule has 3 nitrogen and oxygen atoms in total. The molecule has 0 aliphatic carbocycles. The highest BCUT2D eigenvalue weighted by molar-refractivity contribution is 6.00. The number of Topliss-reactive ketones (excluding diaryl/α,β-unsaturated/α-hetero) is 1. The van der Waals surface area contributed by atoms with Gasteiger partial charge in [0.1, 0.15) is 0 Å². The third-order valence-corrected chi connectivity index (χ3v) is 2.26. The molecule has 1 atom stereocenters. The van der Waals surface area contributed by atoms with Crippen LogP contribution in [0.25, 0.3) is 0 Å². The van der Waals surface area contributed by atoms with E-state index in [0.717, 1.165) is 24.9 Å². The minimum atomic E-state index is 0.0563. The van der Waals surface area contributed by atoms with Gasteiger partial charge in [0.15, 0.2) is 5.78 Å². The maximum absolute atomic E-state index is 11.6. The first kappa shape index (κ1) is 7.55. The zero-order chi connectivity index (χ0) is 8.39. The molecule has 12 heavy (non-hydrogen) atoms. The molecule has 0 radical (unpaired) electrons. The van der Waals surface area contributed by atoms with E-state index in [-0.39, 0.29) is 11.8 Å². The molecular formula is C9H12N2O. The van der Waals surface area contributed by atoms with Crippen LogP contribution in [-0.4, -0.2) is 23.4 Å². The molecule has 1 fully saturated rings. The van der Waals surface area contributed by atoms with Gasteiger partial charge in [0.25, 0.3) is 0 Å². The lowest BCUT2D eigenvalue weighted by molar-refractivity contribution is 0.0952. The van der Waals surface area contributed by atoms with Crippen molar-refractivity contribution in [1.82, 2.24) is 10.3 Å². The van der Waals surface area contributed by atoms with Gasteiger partial charge in [-0.05, 0) is 25.5 Å². The molecule has 1 unspecified atom stereocenters. The van der Waals surface area contributed by atoms with Crippen LogP contribution in [0.1, 0.15) is 23.2 Å². The fourth-order valence-electron chi connectivity index (χ4n) is 1.59. The monoisotopic (exact) mass is 164 g/mol. The summed E-state index contributed by atoms with van der Waals surface area (Å²) in [4.78, 5) is 14.5. The van der Waals surface area contributed by atoms with Crippen molar-refractivity contribution >= 4 is 5.78 Å². The van der Waals surface area contributed by atoms with Gasteiger partial charge in [-0.15, -0.1) is 0 Å². The predicted octanol–water partition coefficient (Wildman–Crippen LogP) is 0.949. The van der Waals surface area contributed by atoms with Crippen molar-refractivity contribution in [2.45, 2.75) is 18.9 Å². The zero-order valence-electron chi connectivity index (χ0n) is 6.84. The summed E-state index contributed by atoms with van der Waals surface area (Å²) in [7, 11) is 0. The zero-order valence-corrected chi connectivity index (χ0v) is 6.84. The van der Waals surface area contributed by atoms with Gasteiger partial charge in [0.2, 0.25) is 0 Å². The van der Waals surface area contributed by atoms with Gasteiger partial charge in [-0.25, -0.2) is 0 Å². The number of carbonyl (C=O) groups excluding carboxylic acids is 1. The second kappa shape index (κ2) is 3.11. The van der Waals surface area contributed by atoms with E-state index in [4.69, 9.17) is 0 Å². The van der Waals surface area contributed by atoms with E-state index in [1.807, 2.05) is 6.07 Å². The third-order valence-electron chi connectivity index (χ3n) is 2.26. The van der Waals surface area contributed by atoms with Gasteiger partial charge < -0.3 is 10.3 Å². The number of hydrogen-bond acceptors (Lipinski definition) is 2. The minimum Gasteiger partial charge on any atom is -0.367 e. The van der Waals surface area contributed by atoms with Crippen LogP contribution >= 0.6 is 0 Å². The predicted molar refractivity (Wildman–Crippen MR) is 46.1 cm³/mol. The van der Waals surface area contributed by atoms with Crippen LogP contribution in [0.5, 0.6) is 0 Å². The molecule has 3 heteroatoms. The van der Waals surface area contributed by atoms with Gasteiger partial charge in [0.05, 0.1) is 6.04 Å². The summed E-state index contributed by atoms with van der Waals surface area (Å²) in [5.41, 5.74) is 0.786. The number of ketones is 1. The molecule has 0 saturated carbocycles. The molecule has 2 rings (SSSR count). The summed E-state index contributed by atoms with van der Waals surface area (Å²) in [6, 6.07) is 1.88. The van der Waals surface area contributed by atoms with Crippen LogP contribution in [0.3, 0.4) is 0 Å². The quantitative estimate of drug-likeness (QED) is 0.639. The summed E-state index contributed by atoms with van der Waals surface area (Å²) in [5, 5.41) is 3.18. The Morgan fingerprint density at radius 1 is 1.58 bits per heavy atom. The highest BCUT2D eigenvalue weighted by Gasteiger charge is 2.22. The molecule has 0 spiro atoms. The Morgan fingerprint density at radius 3 is 3.08 bits per heavy atom. The molecule has 1 aromatic rings. The first-order valence-electron chi connectivity index (χ1n) is 4.28. The Labute approximate surface area is 71.2 Å². The van der Waals surface area contributed by atoms with Crippen LogP contribution in [-0.2, 0) is 0 Å². The van der Waals surface area contributed by atoms with Gasteiger partial charge in [-0.2, -0.15) is 0 Å². The minimum absolute atomic E-state index is 0.0563. The van der Waals surface area contributed by atoms with Crippen LogP contribution < -0.4 is 5.32 Å². The fraction of sp³-hybridized carbons (Fsp3) is 0.444. The number of rotatable bonds is 2. The van der Waals surface area contributed by atoms with E-state index in [2.05, 4.69) is 10.3 Å². The van der Waals surface area contributed by atoms with E-state index in [1.165, 1.54) is 0 Å². The molecule has 0 amide bonds. The standard InChI is InChI=1S/C9H12N2O/c12-9(7-3-5-10-6-7)8-2-1-4-11-8/h3,5-6,8,10-11H,1-2,4H2. The van der Waals surface area contributed by atoms with Crippen LogP contribution in [0, 0.1) is 0 Å². The number of hydrogen-bond donors (Lipinski definition) is 2. The number of aromatic nitrogens is 1. The maximum Gasteiger partial charge on any atom is 0.181 e. The second-order valence-corrected chi connectivity index (χ2v) is 3.11. The van der Waals surface area contributed by atoms with Crippen LogP contribution in [0.4, 0.5) is 0 Å². The number of H-pyrrole nitrogens is 1. The smallest absolute Gasteiger partial charge is 0.181 e. The summed E-state index contributed by atoms with van der Waals surface area (Å²) >= 11 is 0. The largest absolute Gasteiger partial charge is 0.367 e. The van der Waals surface area contributed by atoms with Crippen molar-refractivity contribution < 1.29 is 4.79 Å². The van der Waals surface area contributed by atoms with Crippen molar-refractivity contribution in [2.24, 2.45) is 0 Å². The van der Waals surface area contributed by atoms with Crippen molar-refractivity contribution in [3.63, 3.8) is 0 Å². The van der Waals surface area contributed by atoms with Gasteiger partial charge in [-0.1, -0.05) is 0 Å². The Morgan fingerprint density at radius 2 is 2.50 bits per heavy atom. The normalized spacial score (nSPS) is 22.8. The van der Waals surface area contributed by atoms with Crippen molar-refractivity contribution in [3.05, 3.63) is 24.0 Å². The lowest BCUT2D eigenvalue weighted by atomic mass is 10.1. The molecule has 0 aromatic carbocycles. The average Bonchev–Trinajstić information content (AvgIpc) is 2.77. The van der Waals surface area contributed by atoms with E-state index in [1.54, 1.807) is 12.4 Å². The molecule has 2 heterocycles. The molecule has 2 N–H and O–H groups in total. The molecule has 1 aliphatic heterocycles. The summed E-state index contributed by atoms with van der Waals surface area (Å²) in [6.07, 6.45) is 5.62. The van der Waals surface area contributed by atoms with E-state index >= 15 is 0 Å². The number of aromatic amines is 1. The summed E-state index contributed by atoms with van der Waals surface area (Å²) in [5.74, 6) is 0.216. The highest BCUT2D eigenvalue weighted by Crippen LogP contribution is 2.11. The number of nitrogens with one attached hydrogen (secondary N) is 2. The molecule has 1 aromatic heterocycles. The lowest BCUT2D eigenvalue weighted by Gasteiger charge is -2.05. The Hall–Kier alpha value is -1.09. The van der Waals surface area contributed by atoms with Crippen molar-refractivity contribution in [1.29, 1.82) is 0 Å². The first-order valence-corrected chi connectivity index (χ1v) is 4.28. The SMILES string of the molecule is O=C(c1cc[nH]c1)C1CCCN1. The summed E-state index contributed by atoms with van der Waals surface area (Å²) < 4.78 is 0. The van der Waals surface area contributed by atoms with Crippen molar-refractivity contribution in [2.75, 3.05) is 6.54 Å². The fourth-order valence-corrected chi connectivity index (χ4v) is 1.59. The third kappa shape index (κ3) is 1.28.